The van der Waals surface area contributed by atoms with Crippen molar-refractivity contribution in [3.63, 3.8) is 0 Å². The number of amides is 2. The molecule has 0 aliphatic carbocycles. The zero-order chi connectivity index (χ0) is 19.6. The molecule has 7 heteroatoms. The molecule has 0 radical (unpaired) electrons. The normalized spacial score (nSPS) is 27.6. The van der Waals surface area contributed by atoms with Crippen molar-refractivity contribution in [3.8, 4) is 0 Å². The molecule has 3 heterocycles. The van der Waals surface area contributed by atoms with Gasteiger partial charge in [-0.15, -0.1) is 0 Å². The highest BCUT2D eigenvalue weighted by Crippen LogP contribution is 2.52. The summed E-state index contributed by atoms with van der Waals surface area (Å²) >= 11 is 0. The van der Waals surface area contributed by atoms with Gasteiger partial charge in [0.25, 0.3) is 0 Å². The summed E-state index contributed by atoms with van der Waals surface area (Å²) in [7, 11) is 0. The van der Waals surface area contributed by atoms with Crippen LogP contribution in [0.2, 0.25) is 0 Å². The Labute approximate surface area is 160 Å². The van der Waals surface area contributed by atoms with Crippen molar-refractivity contribution in [1.29, 1.82) is 0 Å². The molecule has 2 saturated heterocycles. The SMILES string of the molecule is CC(=O)[C@H]1[C@H]2C(=O)N(c3ccc(F)cc3)C(=O)[C@H]2C2c3ccccc3C=NN21. The summed E-state index contributed by atoms with van der Waals surface area (Å²) in [6, 6.07) is 11.5. The molecule has 0 bridgehead atoms. The number of ketones is 1. The average molecular weight is 377 g/mol. The van der Waals surface area contributed by atoms with Gasteiger partial charge < -0.3 is 0 Å². The maximum atomic E-state index is 13.3. The van der Waals surface area contributed by atoms with E-state index in [9.17, 15) is 18.8 Å². The number of halogens is 1. The van der Waals surface area contributed by atoms with Crippen molar-refractivity contribution in [2.24, 2.45) is 16.9 Å². The summed E-state index contributed by atoms with van der Waals surface area (Å²) in [5.41, 5.74) is 2.05. The lowest BCUT2D eigenvalue weighted by atomic mass is 9.84. The second kappa shape index (κ2) is 5.82. The second-order valence-corrected chi connectivity index (χ2v) is 7.29. The molecule has 3 aliphatic rings. The van der Waals surface area contributed by atoms with Gasteiger partial charge in [0.15, 0.2) is 5.78 Å². The molecule has 2 fully saturated rings. The fraction of sp³-hybridized carbons (Fsp3) is 0.238. The Bertz CT molecular complexity index is 1050. The second-order valence-electron chi connectivity index (χ2n) is 7.29. The molecule has 6 nitrogen and oxygen atoms in total. The number of carbonyl (C=O) groups is 3. The first-order chi connectivity index (χ1) is 13.5. The lowest BCUT2D eigenvalue weighted by molar-refractivity contribution is -0.129. The predicted molar refractivity (Wildman–Crippen MR) is 99.0 cm³/mol. The van der Waals surface area contributed by atoms with E-state index in [1.807, 2.05) is 24.3 Å². The number of Topliss-reactive ketones (excluding diaryl/α,β-unsaturated/α-hetero) is 1. The molecule has 0 saturated carbocycles. The molecular weight excluding hydrogens is 361 g/mol. The predicted octanol–water partition coefficient (Wildman–Crippen LogP) is 2.29. The van der Waals surface area contributed by atoms with E-state index in [4.69, 9.17) is 0 Å². The van der Waals surface area contributed by atoms with E-state index < -0.39 is 35.6 Å². The lowest BCUT2D eigenvalue weighted by Crippen LogP contribution is -2.43. The molecule has 0 aromatic heterocycles. The van der Waals surface area contributed by atoms with Gasteiger partial charge in [-0.3, -0.25) is 19.4 Å². The van der Waals surface area contributed by atoms with Crippen LogP contribution >= 0.6 is 0 Å². The highest BCUT2D eigenvalue weighted by Gasteiger charge is 2.64. The van der Waals surface area contributed by atoms with E-state index in [0.717, 1.165) is 16.0 Å². The number of hydrazone groups is 1. The van der Waals surface area contributed by atoms with Crippen molar-refractivity contribution < 1.29 is 18.8 Å². The van der Waals surface area contributed by atoms with Gasteiger partial charge in [-0.2, -0.15) is 5.10 Å². The summed E-state index contributed by atoms with van der Waals surface area (Å²) < 4.78 is 13.3. The molecule has 4 atom stereocenters. The van der Waals surface area contributed by atoms with E-state index in [0.29, 0.717) is 5.69 Å². The fourth-order valence-electron chi connectivity index (χ4n) is 4.67. The maximum absolute atomic E-state index is 13.3. The van der Waals surface area contributed by atoms with Gasteiger partial charge in [-0.25, -0.2) is 9.29 Å². The molecule has 3 aliphatic heterocycles. The van der Waals surface area contributed by atoms with E-state index in [1.165, 1.54) is 31.2 Å². The molecule has 5 rings (SSSR count). The lowest BCUT2D eigenvalue weighted by Gasteiger charge is -2.33. The number of nitrogens with zero attached hydrogens (tertiary/aromatic N) is 3. The number of benzene rings is 2. The third kappa shape index (κ3) is 2.13. The molecule has 0 spiro atoms. The Balaban J connectivity index is 1.65. The Morgan fingerprint density at radius 3 is 2.39 bits per heavy atom. The average Bonchev–Trinajstić information content (AvgIpc) is 3.16. The summed E-state index contributed by atoms with van der Waals surface area (Å²) in [4.78, 5) is 40.1. The number of hydrogen-bond donors (Lipinski definition) is 0. The van der Waals surface area contributed by atoms with Gasteiger partial charge in [-0.05, 0) is 42.3 Å². The Kier molecular flexibility index (Phi) is 3.49. The van der Waals surface area contributed by atoms with E-state index >= 15 is 0 Å². The van der Waals surface area contributed by atoms with Gasteiger partial charge >= 0.3 is 0 Å². The van der Waals surface area contributed by atoms with Crippen LogP contribution in [0.1, 0.15) is 24.1 Å². The largest absolute Gasteiger partial charge is 0.298 e. The van der Waals surface area contributed by atoms with Gasteiger partial charge in [0.1, 0.15) is 11.9 Å². The van der Waals surface area contributed by atoms with E-state index in [2.05, 4.69) is 5.10 Å². The van der Waals surface area contributed by atoms with Crippen LogP contribution in [0.5, 0.6) is 0 Å². The van der Waals surface area contributed by atoms with Crippen molar-refractivity contribution >= 4 is 29.5 Å². The number of fused-ring (bicyclic) bond motifs is 5. The zero-order valence-electron chi connectivity index (χ0n) is 14.9. The Morgan fingerprint density at radius 1 is 1.00 bits per heavy atom. The zero-order valence-corrected chi connectivity index (χ0v) is 14.9. The third-order valence-electron chi connectivity index (χ3n) is 5.79. The van der Waals surface area contributed by atoms with Crippen LogP contribution in [-0.4, -0.2) is 34.9 Å². The number of anilines is 1. The fourth-order valence-corrected chi connectivity index (χ4v) is 4.67. The quantitative estimate of drug-likeness (QED) is 0.753. The van der Waals surface area contributed by atoms with Crippen LogP contribution in [0.4, 0.5) is 10.1 Å². The van der Waals surface area contributed by atoms with Crippen LogP contribution in [0.15, 0.2) is 53.6 Å². The third-order valence-corrected chi connectivity index (χ3v) is 5.79. The van der Waals surface area contributed by atoms with Crippen LogP contribution in [-0.2, 0) is 14.4 Å². The van der Waals surface area contributed by atoms with Crippen LogP contribution < -0.4 is 4.90 Å². The van der Waals surface area contributed by atoms with Crippen molar-refractivity contribution in [3.05, 3.63) is 65.5 Å². The summed E-state index contributed by atoms with van der Waals surface area (Å²) in [5.74, 6) is -3.02. The molecule has 2 aromatic rings. The Morgan fingerprint density at radius 2 is 1.68 bits per heavy atom. The van der Waals surface area contributed by atoms with E-state index in [1.54, 1.807) is 11.2 Å². The minimum absolute atomic E-state index is 0.212. The van der Waals surface area contributed by atoms with E-state index in [-0.39, 0.29) is 11.7 Å². The summed E-state index contributed by atoms with van der Waals surface area (Å²) in [5, 5.41) is 6.02. The highest BCUT2D eigenvalue weighted by atomic mass is 19.1. The van der Waals surface area contributed by atoms with Gasteiger partial charge in [-0.1, -0.05) is 24.3 Å². The molecule has 140 valence electrons. The first-order valence-corrected chi connectivity index (χ1v) is 9.04. The van der Waals surface area contributed by atoms with Gasteiger partial charge in [0, 0.05) is 0 Å². The Hall–Kier alpha value is -3.35. The topological polar surface area (TPSA) is 70.0 Å². The number of imide groups is 1. The molecule has 2 aromatic carbocycles. The smallest absolute Gasteiger partial charge is 0.240 e. The monoisotopic (exact) mass is 377 g/mol. The first kappa shape index (κ1) is 16.8. The highest BCUT2D eigenvalue weighted by molar-refractivity contribution is 6.24. The standard InChI is InChI=1S/C21H16FN3O3/c1-11(26)18-16-17(19-15-5-3-2-4-12(15)10-23-25(18)19)21(28)24(20(16)27)14-8-6-13(22)7-9-14/h2-10,16-19H,1H3/t16-,17+,18-,19?/m0/s1. The number of carbonyl (C=O) groups excluding carboxylic acids is 3. The number of rotatable bonds is 2. The number of hydrogen-bond acceptors (Lipinski definition) is 5. The minimum Gasteiger partial charge on any atom is -0.298 e. The van der Waals surface area contributed by atoms with Gasteiger partial charge in [0.05, 0.1) is 29.8 Å². The van der Waals surface area contributed by atoms with Crippen molar-refractivity contribution in [2.75, 3.05) is 4.90 Å². The van der Waals surface area contributed by atoms with Crippen molar-refractivity contribution in [2.45, 2.75) is 19.0 Å². The molecular formula is C21H16FN3O3. The summed E-state index contributed by atoms with van der Waals surface area (Å²) in [6.07, 6.45) is 1.66. The molecule has 28 heavy (non-hydrogen) atoms. The molecule has 2 amide bonds. The minimum atomic E-state index is -0.816. The maximum Gasteiger partial charge on any atom is 0.240 e. The van der Waals surface area contributed by atoms with Gasteiger partial charge in [0.2, 0.25) is 11.8 Å². The first-order valence-electron chi connectivity index (χ1n) is 9.04. The van der Waals surface area contributed by atoms with Crippen LogP contribution in [0.3, 0.4) is 0 Å². The summed E-state index contributed by atoms with van der Waals surface area (Å²) in [6.45, 7) is 1.42. The molecule has 0 N–H and O–H groups in total. The molecule has 1 unspecified atom stereocenters. The van der Waals surface area contributed by atoms with Crippen LogP contribution in [0, 0.1) is 17.7 Å². The van der Waals surface area contributed by atoms with Crippen molar-refractivity contribution in [1.82, 2.24) is 5.01 Å². The van der Waals surface area contributed by atoms with Crippen LogP contribution in [0.25, 0.3) is 0 Å².